The lowest BCUT2D eigenvalue weighted by Crippen LogP contribution is -2.29. The molecule has 0 bridgehead atoms. The largest absolute Gasteiger partial charge is 0.507 e. The number of carbonyl (C=O) groups is 2. The number of ether oxygens (including phenoxy) is 1. The molecule has 3 heterocycles. The van der Waals surface area contributed by atoms with E-state index in [4.69, 9.17) is 9.15 Å². The molecule has 2 aromatic heterocycles. The van der Waals surface area contributed by atoms with Crippen molar-refractivity contribution in [3.63, 3.8) is 0 Å². The highest BCUT2D eigenvalue weighted by molar-refractivity contribution is 6.46. The predicted molar refractivity (Wildman–Crippen MR) is 123 cm³/mol. The molecular weight excluding hydrogens is 420 g/mol. The lowest BCUT2D eigenvalue weighted by atomic mass is 9.91. The van der Waals surface area contributed by atoms with Gasteiger partial charge in [-0.2, -0.15) is 0 Å². The molecule has 1 aliphatic rings. The van der Waals surface area contributed by atoms with Crippen LogP contribution < -0.4 is 4.74 Å². The zero-order chi connectivity index (χ0) is 23.7. The maximum atomic E-state index is 13.2. The highest BCUT2D eigenvalue weighted by Crippen LogP contribution is 2.41. The molecule has 1 unspecified atom stereocenters. The van der Waals surface area contributed by atoms with Crippen LogP contribution in [0.5, 0.6) is 5.75 Å². The number of hydrogen-bond acceptors (Lipinski definition) is 6. The van der Waals surface area contributed by atoms with Crippen molar-refractivity contribution >= 4 is 17.4 Å². The van der Waals surface area contributed by atoms with Gasteiger partial charge in [0.1, 0.15) is 17.3 Å². The number of aromatic nitrogens is 1. The van der Waals surface area contributed by atoms with Crippen molar-refractivity contribution in [1.82, 2.24) is 9.88 Å². The number of pyridine rings is 1. The Labute approximate surface area is 192 Å². The van der Waals surface area contributed by atoms with E-state index in [2.05, 4.69) is 4.98 Å². The summed E-state index contributed by atoms with van der Waals surface area (Å²) < 4.78 is 10.9. The first kappa shape index (κ1) is 22.3. The van der Waals surface area contributed by atoms with Crippen LogP contribution in [0.15, 0.2) is 65.0 Å². The summed E-state index contributed by atoms with van der Waals surface area (Å²) in [6, 6.07) is 9.84. The number of carbonyl (C=O) groups excluding carboxylic acids is 2. The van der Waals surface area contributed by atoms with Crippen LogP contribution in [0.2, 0.25) is 0 Å². The number of furan rings is 1. The summed E-state index contributed by atoms with van der Waals surface area (Å²) in [5, 5.41) is 11.4. The van der Waals surface area contributed by atoms with E-state index in [-0.39, 0.29) is 23.8 Å². The number of likely N-dealkylation sites (tertiary alicyclic amines) is 1. The second-order valence-corrected chi connectivity index (χ2v) is 8.36. The first-order valence-corrected chi connectivity index (χ1v) is 10.7. The minimum atomic E-state index is -0.798. The lowest BCUT2D eigenvalue weighted by Gasteiger charge is -2.24. The summed E-state index contributed by atoms with van der Waals surface area (Å²) in [6.07, 6.45) is 4.73. The number of ketones is 1. The van der Waals surface area contributed by atoms with E-state index in [0.29, 0.717) is 22.6 Å². The van der Waals surface area contributed by atoms with Gasteiger partial charge in [-0.15, -0.1) is 0 Å². The maximum absolute atomic E-state index is 13.2. The Hall–Kier alpha value is -3.87. The van der Waals surface area contributed by atoms with Crippen LogP contribution >= 0.6 is 0 Å². The lowest BCUT2D eigenvalue weighted by molar-refractivity contribution is -0.140. The molecule has 0 spiro atoms. The van der Waals surface area contributed by atoms with Crippen LogP contribution in [0, 0.1) is 6.92 Å². The summed E-state index contributed by atoms with van der Waals surface area (Å²) >= 11 is 0. The Balaban J connectivity index is 1.91. The smallest absolute Gasteiger partial charge is 0.296 e. The van der Waals surface area contributed by atoms with Crippen LogP contribution in [0.3, 0.4) is 0 Å². The van der Waals surface area contributed by atoms with Gasteiger partial charge in [-0.05, 0) is 59.9 Å². The maximum Gasteiger partial charge on any atom is 0.296 e. The van der Waals surface area contributed by atoms with E-state index >= 15 is 0 Å². The molecule has 1 fully saturated rings. The first-order chi connectivity index (χ1) is 15.8. The number of benzene rings is 1. The SMILES string of the molecule is COc1cc(C)c(/C(O)=C2\C(=O)C(=O)N(Cc3ccco3)C2c2cccnc2)cc1C(C)C. The normalized spacial score (nSPS) is 17.7. The first-order valence-electron chi connectivity index (χ1n) is 10.7. The number of aliphatic hydroxyl groups is 1. The summed E-state index contributed by atoms with van der Waals surface area (Å²) in [7, 11) is 1.60. The molecule has 1 aliphatic heterocycles. The fourth-order valence-electron chi connectivity index (χ4n) is 4.22. The van der Waals surface area contributed by atoms with E-state index in [0.717, 1.165) is 11.1 Å². The summed E-state index contributed by atoms with van der Waals surface area (Å²) in [5.41, 5.74) is 2.77. The Morgan fingerprint density at radius 2 is 2.03 bits per heavy atom. The Morgan fingerprint density at radius 1 is 1.24 bits per heavy atom. The van der Waals surface area contributed by atoms with Gasteiger partial charge >= 0.3 is 0 Å². The van der Waals surface area contributed by atoms with Crippen molar-refractivity contribution in [2.75, 3.05) is 7.11 Å². The zero-order valence-electron chi connectivity index (χ0n) is 19.0. The van der Waals surface area contributed by atoms with Crippen molar-refractivity contribution in [2.45, 2.75) is 39.3 Å². The highest BCUT2D eigenvalue weighted by atomic mass is 16.5. The van der Waals surface area contributed by atoms with E-state index in [1.165, 1.54) is 11.2 Å². The third kappa shape index (κ3) is 4.02. The second kappa shape index (κ2) is 8.94. The van der Waals surface area contributed by atoms with Crippen molar-refractivity contribution in [1.29, 1.82) is 0 Å². The van der Waals surface area contributed by atoms with Gasteiger partial charge in [-0.1, -0.05) is 19.9 Å². The molecule has 1 aromatic carbocycles. The molecule has 1 atom stereocenters. The van der Waals surface area contributed by atoms with Crippen molar-refractivity contribution in [2.24, 2.45) is 0 Å². The van der Waals surface area contributed by atoms with E-state index < -0.39 is 17.7 Å². The molecule has 1 saturated heterocycles. The average molecular weight is 447 g/mol. The van der Waals surface area contributed by atoms with Gasteiger partial charge < -0.3 is 19.2 Å². The summed E-state index contributed by atoms with van der Waals surface area (Å²) in [6.45, 7) is 5.97. The molecule has 1 N–H and O–H groups in total. The molecule has 0 radical (unpaired) electrons. The minimum Gasteiger partial charge on any atom is -0.507 e. The van der Waals surface area contributed by atoms with E-state index in [1.54, 1.807) is 43.8 Å². The monoisotopic (exact) mass is 446 g/mol. The standard InChI is InChI=1S/C26H26N2O5/c1-15(2)19-12-20(16(3)11-21(19)32-4)24(29)22-23(17-7-5-9-27-13-17)28(26(31)25(22)30)14-18-8-6-10-33-18/h5-13,15,23,29H,14H2,1-4H3/b24-22+. The fraction of sp³-hybridized carbons (Fsp3) is 0.269. The van der Waals surface area contributed by atoms with Crippen LogP contribution in [0.25, 0.3) is 5.76 Å². The molecular formula is C26H26N2O5. The quantitative estimate of drug-likeness (QED) is 0.334. The number of aryl methyl sites for hydroxylation is 1. The molecule has 3 aromatic rings. The molecule has 170 valence electrons. The molecule has 1 amide bonds. The number of rotatable bonds is 6. The van der Waals surface area contributed by atoms with Crippen LogP contribution in [-0.2, 0) is 16.1 Å². The van der Waals surface area contributed by atoms with Crippen LogP contribution in [0.1, 0.15) is 53.8 Å². The highest BCUT2D eigenvalue weighted by Gasteiger charge is 2.46. The van der Waals surface area contributed by atoms with Gasteiger partial charge in [0.25, 0.3) is 11.7 Å². The minimum absolute atomic E-state index is 0.0301. The van der Waals surface area contributed by atoms with E-state index in [1.807, 2.05) is 32.9 Å². The summed E-state index contributed by atoms with van der Waals surface area (Å²) in [4.78, 5) is 31.9. The molecule has 4 rings (SSSR count). The van der Waals surface area contributed by atoms with Gasteiger partial charge in [-0.3, -0.25) is 14.6 Å². The predicted octanol–water partition coefficient (Wildman–Crippen LogP) is 4.74. The molecule has 7 nitrogen and oxygen atoms in total. The van der Waals surface area contributed by atoms with Crippen molar-refractivity contribution < 1.29 is 23.8 Å². The third-order valence-electron chi connectivity index (χ3n) is 5.90. The van der Waals surface area contributed by atoms with Gasteiger partial charge in [0, 0.05) is 18.0 Å². The van der Waals surface area contributed by atoms with Gasteiger partial charge in [0.15, 0.2) is 0 Å². The molecule has 7 heteroatoms. The number of methoxy groups -OCH3 is 1. The van der Waals surface area contributed by atoms with E-state index in [9.17, 15) is 14.7 Å². The Bertz CT molecular complexity index is 1210. The number of amides is 1. The Kier molecular flexibility index (Phi) is 6.05. The van der Waals surface area contributed by atoms with Gasteiger partial charge in [-0.25, -0.2) is 0 Å². The number of Topliss-reactive ketones (excluding diaryl/α,β-unsaturated/α-hetero) is 1. The number of nitrogens with zero attached hydrogens (tertiary/aromatic N) is 2. The third-order valence-corrected chi connectivity index (χ3v) is 5.90. The van der Waals surface area contributed by atoms with Crippen molar-refractivity contribution in [3.8, 4) is 5.75 Å². The summed E-state index contributed by atoms with van der Waals surface area (Å²) in [5.74, 6) is -0.283. The molecule has 0 saturated carbocycles. The van der Waals surface area contributed by atoms with Crippen molar-refractivity contribution in [3.05, 3.63) is 88.6 Å². The van der Waals surface area contributed by atoms with Crippen LogP contribution in [-0.4, -0.2) is 33.8 Å². The average Bonchev–Trinajstić information content (AvgIpc) is 3.41. The number of aliphatic hydroxyl groups excluding tert-OH is 1. The zero-order valence-corrected chi connectivity index (χ0v) is 19.0. The topological polar surface area (TPSA) is 92.9 Å². The van der Waals surface area contributed by atoms with Gasteiger partial charge in [0.05, 0.1) is 31.5 Å². The van der Waals surface area contributed by atoms with Gasteiger partial charge in [0.2, 0.25) is 0 Å². The van der Waals surface area contributed by atoms with Crippen LogP contribution in [0.4, 0.5) is 0 Å². The second-order valence-electron chi connectivity index (χ2n) is 8.36. The molecule has 0 aliphatic carbocycles. The molecule has 33 heavy (non-hydrogen) atoms. The Morgan fingerprint density at radius 3 is 2.64 bits per heavy atom. The fourth-order valence-corrected chi connectivity index (χ4v) is 4.22. The number of hydrogen-bond donors (Lipinski definition) is 1.